The van der Waals surface area contributed by atoms with Crippen LogP contribution < -0.4 is 10.1 Å². The predicted octanol–water partition coefficient (Wildman–Crippen LogP) is 4.62. The molecule has 0 saturated carbocycles. The molecule has 32 heavy (non-hydrogen) atoms. The van der Waals surface area contributed by atoms with Gasteiger partial charge in [-0.1, -0.05) is 6.07 Å². The molecule has 170 valence electrons. The van der Waals surface area contributed by atoms with Crippen LogP contribution in [0.4, 0.5) is 5.13 Å². The van der Waals surface area contributed by atoms with Crippen LogP contribution in [0.3, 0.4) is 0 Å². The number of hydrogen-bond donors (Lipinski definition) is 1. The van der Waals surface area contributed by atoms with Crippen molar-refractivity contribution < 1.29 is 17.9 Å². The van der Waals surface area contributed by atoms with Crippen LogP contribution in [0, 0.1) is 12.8 Å². The van der Waals surface area contributed by atoms with Crippen molar-refractivity contribution in [2.75, 3.05) is 25.0 Å². The number of ether oxygens (including phenoxy) is 1. The molecular formula is C22H25N3O4S3. The second kappa shape index (κ2) is 9.70. The van der Waals surface area contributed by atoms with E-state index in [1.165, 1.54) is 27.0 Å². The summed E-state index contributed by atoms with van der Waals surface area (Å²) >= 11 is 2.61. The lowest BCUT2D eigenvalue weighted by Crippen LogP contribution is -2.43. The van der Waals surface area contributed by atoms with Crippen molar-refractivity contribution in [2.45, 2.75) is 30.9 Å². The predicted molar refractivity (Wildman–Crippen MR) is 128 cm³/mol. The second-order valence-corrected chi connectivity index (χ2v) is 11.8. The molecule has 1 unspecified atom stereocenters. The van der Waals surface area contributed by atoms with Crippen molar-refractivity contribution in [1.29, 1.82) is 0 Å². The van der Waals surface area contributed by atoms with Gasteiger partial charge in [0.1, 0.15) is 9.96 Å². The van der Waals surface area contributed by atoms with Crippen molar-refractivity contribution >= 4 is 43.7 Å². The van der Waals surface area contributed by atoms with Gasteiger partial charge in [0.05, 0.1) is 18.2 Å². The van der Waals surface area contributed by atoms with Gasteiger partial charge in [-0.2, -0.15) is 4.31 Å². The Morgan fingerprint density at radius 3 is 2.75 bits per heavy atom. The maximum Gasteiger partial charge on any atom is 0.252 e. The molecule has 1 N–H and O–H groups in total. The average Bonchev–Trinajstić information content (AvgIpc) is 3.45. The van der Waals surface area contributed by atoms with Crippen LogP contribution in [0.1, 0.15) is 24.6 Å². The molecule has 0 bridgehead atoms. The highest BCUT2D eigenvalue weighted by atomic mass is 32.2. The number of sulfonamides is 1. The van der Waals surface area contributed by atoms with Gasteiger partial charge in [-0.25, -0.2) is 13.4 Å². The minimum absolute atomic E-state index is 0.183. The van der Waals surface area contributed by atoms with E-state index in [9.17, 15) is 13.2 Å². The molecule has 10 heteroatoms. The Balaban J connectivity index is 1.44. The number of nitrogens with zero attached hydrogens (tertiary/aromatic N) is 2. The number of carbonyl (C=O) groups is 1. The number of carbonyl (C=O) groups excluding carboxylic acids is 1. The van der Waals surface area contributed by atoms with Crippen LogP contribution in [0.15, 0.2) is 46.0 Å². The number of benzene rings is 1. The zero-order chi connectivity index (χ0) is 22.7. The van der Waals surface area contributed by atoms with Gasteiger partial charge in [-0.05, 0) is 62.4 Å². The molecule has 4 rings (SSSR count). The number of nitrogens with one attached hydrogen (secondary N) is 1. The van der Waals surface area contributed by atoms with Crippen LogP contribution in [0.2, 0.25) is 0 Å². The van der Waals surface area contributed by atoms with Crippen LogP contribution in [0.25, 0.3) is 11.3 Å². The molecule has 1 atom stereocenters. The van der Waals surface area contributed by atoms with E-state index in [4.69, 9.17) is 4.74 Å². The van der Waals surface area contributed by atoms with E-state index >= 15 is 0 Å². The maximum atomic E-state index is 12.9. The molecule has 1 saturated heterocycles. The third-order valence-corrected chi connectivity index (χ3v) is 9.43. The largest absolute Gasteiger partial charge is 0.494 e. The number of thiazole rings is 1. The highest BCUT2D eigenvalue weighted by molar-refractivity contribution is 7.91. The van der Waals surface area contributed by atoms with Gasteiger partial charge in [0, 0.05) is 23.5 Å². The molecule has 1 aliphatic rings. The standard InChI is InChI=1S/C22H25N3O4S3/c1-3-29-18-10-8-16(9-11-18)20-15(2)31-22(23-20)24-21(26)17-6-4-12-25(14-17)32(27,28)19-7-5-13-30-19/h5,7-11,13,17H,3-4,6,12,14H2,1-2H3,(H,23,24,26). The van der Waals surface area contributed by atoms with Gasteiger partial charge in [-0.15, -0.1) is 22.7 Å². The Morgan fingerprint density at radius 2 is 2.06 bits per heavy atom. The fourth-order valence-corrected chi connectivity index (χ4v) is 7.22. The first-order valence-corrected chi connectivity index (χ1v) is 13.6. The Hall–Kier alpha value is -2.27. The lowest BCUT2D eigenvalue weighted by Gasteiger charge is -2.30. The highest BCUT2D eigenvalue weighted by Gasteiger charge is 2.34. The topological polar surface area (TPSA) is 88.6 Å². The zero-order valence-electron chi connectivity index (χ0n) is 17.9. The molecule has 0 spiro atoms. The number of thiophene rings is 1. The number of amides is 1. The molecule has 1 aliphatic heterocycles. The highest BCUT2D eigenvalue weighted by Crippen LogP contribution is 2.32. The first kappa shape index (κ1) is 22.9. The lowest BCUT2D eigenvalue weighted by atomic mass is 9.99. The Labute approximate surface area is 196 Å². The number of aryl methyl sites for hydroxylation is 1. The van der Waals surface area contributed by atoms with Crippen LogP contribution >= 0.6 is 22.7 Å². The minimum Gasteiger partial charge on any atom is -0.494 e. The van der Waals surface area contributed by atoms with Crippen molar-refractivity contribution in [3.05, 3.63) is 46.7 Å². The average molecular weight is 492 g/mol. The van der Waals surface area contributed by atoms with Gasteiger partial charge in [0.2, 0.25) is 5.91 Å². The van der Waals surface area contributed by atoms with Crippen LogP contribution in [-0.2, 0) is 14.8 Å². The van der Waals surface area contributed by atoms with Crippen LogP contribution in [0.5, 0.6) is 5.75 Å². The summed E-state index contributed by atoms with van der Waals surface area (Å²) in [7, 11) is -3.56. The van der Waals surface area contributed by atoms with Gasteiger partial charge in [0.25, 0.3) is 10.0 Å². The Kier molecular flexibility index (Phi) is 6.94. The summed E-state index contributed by atoms with van der Waals surface area (Å²) in [4.78, 5) is 18.5. The third-order valence-electron chi connectivity index (χ3n) is 5.31. The van der Waals surface area contributed by atoms with E-state index in [1.807, 2.05) is 38.1 Å². The van der Waals surface area contributed by atoms with Gasteiger partial charge in [0.15, 0.2) is 5.13 Å². The first-order valence-electron chi connectivity index (χ1n) is 10.4. The van der Waals surface area contributed by atoms with Crippen molar-refractivity contribution in [3.8, 4) is 17.0 Å². The molecule has 1 amide bonds. The molecule has 1 aromatic carbocycles. The number of hydrogen-bond acceptors (Lipinski definition) is 7. The van der Waals surface area contributed by atoms with E-state index in [0.29, 0.717) is 35.3 Å². The summed E-state index contributed by atoms with van der Waals surface area (Å²) in [5.41, 5.74) is 1.77. The number of anilines is 1. The molecular weight excluding hydrogens is 466 g/mol. The lowest BCUT2D eigenvalue weighted by molar-refractivity contribution is -0.120. The fourth-order valence-electron chi connectivity index (χ4n) is 3.71. The molecule has 2 aromatic heterocycles. The number of aromatic nitrogens is 1. The van der Waals surface area contributed by atoms with Crippen molar-refractivity contribution in [1.82, 2.24) is 9.29 Å². The molecule has 1 fully saturated rings. The van der Waals surface area contributed by atoms with Crippen LogP contribution in [-0.4, -0.2) is 43.3 Å². The zero-order valence-corrected chi connectivity index (χ0v) is 20.4. The Morgan fingerprint density at radius 1 is 1.28 bits per heavy atom. The van der Waals surface area contributed by atoms with E-state index < -0.39 is 15.9 Å². The van der Waals surface area contributed by atoms with E-state index in [2.05, 4.69) is 10.3 Å². The Bertz CT molecular complexity index is 1170. The summed E-state index contributed by atoms with van der Waals surface area (Å²) in [6, 6.07) is 11.0. The first-order chi connectivity index (χ1) is 15.4. The molecule has 0 aliphatic carbocycles. The fraction of sp³-hybridized carbons (Fsp3) is 0.364. The quantitative estimate of drug-likeness (QED) is 0.521. The molecule has 3 heterocycles. The van der Waals surface area contributed by atoms with E-state index in [1.54, 1.807) is 17.5 Å². The molecule has 3 aromatic rings. The number of rotatable bonds is 7. The molecule has 7 nitrogen and oxygen atoms in total. The van der Waals surface area contributed by atoms with Gasteiger partial charge >= 0.3 is 0 Å². The van der Waals surface area contributed by atoms with Gasteiger partial charge < -0.3 is 10.1 Å². The minimum atomic E-state index is -3.56. The summed E-state index contributed by atoms with van der Waals surface area (Å²) in [6.45, 7) is 5.13. The van der Waals surface area contributed by atoms with E-state index in [0.717, 1.165) is 21.9 Å². The maximum absolute atomic E-state index is 12.9. The smallest absolute Gasteiger partial charge is 0.252 e. The van der Waals surface area contributed by atoms with Crippen molar-refractivity contribution in [3.63, 3.8) is 0 Å². The summed E-state index contributed by atoms with van der Waals surface area (Å²) in [5.74, 6) is 0.205. The molecule has 0 radical (unpaired) electrons. The van der Waals surface area contributed by atoms with Gasteiger partial charge in [-0.3, -0.25) is 4.79 Å². The number of piperidine rings is 1. The SMILES string of the molecule is CCOc1ccc(-c2nc(NC(=O)C3CCCN(S(=O)(=O)c4cccs4)C3)sc2C)cc1. The normalized spacial score (nSPS) is 17.2. The third kappa shape index (κ3) is 4.88. The second-order valence-electron chi connectivity index (χ2n) is 7.50. The van der Waals surface area contributed by atoms with Crippen molar-refractivity contribution in [2.24, 2.45) is 5.92 Å². The summed E-state index contributed by atoms with van der Waals surface area (Å²) in [5, 5.41) is 5.17. The summed E-state index contributed by atoms with van der Waals surface area (Å²) < 4.78 is 32.9. The van der Waals surface area contributed by atoms with E-state index in [-0.39, 0.29) is 12.5 Å². The summed E-state index contributed by atoms with van der Waals surface area (Å²) in [6.07, 6.45) is 1.30. The monoisotopic (exact) mass is 491 g/mol.